The van der Waals surface area contributed by atoms with Gasteiger partial charge in [-0.1, -0.05) is 30.7 Å². The minimum atomic E-state index is 0.684. The number of rotatable bonds is 6. The zero-order chi connectivity index (χ0) is 11.4. The molecule has 0 aliphatic heterocycles. The second-order valence-corrected chi connectivity index (χ2v) is 5.14. The van der Waals surface area contributed by atoms with Crippen molar-refractivity contribution in [2.45, 2.75) is 32.1 Å². The molecule has 1 unspecified atom stereocenters. The Hall–Kier alpha value is -0.530. The van der Waals surface area contributed by atoms with Crippen LogP contribution in [0.1, 0.15) is 37.7 Å². The predicted octanol–water partition coefficient (Wildman–Crippen LogP) is 3.83. The minimum Gasteiger partial charge on any atom is -0.316 e. The molecule has 0 aromatic heterocycles. The number of halogens is 1. The minimum absolute atomic E-state index is 0.684. The molecule has 1 saturated carbocycles. The third-order valence-corrected chi connectivity index (χ3v) is 3.53. The average molecular weight is 238 g/mol. The number of hydrogen-bond acceptors (Lipinski definition) is 1. The van der Waals surface area contributed by atoms with Gasteiger partial charge in [0.25, 0.3) is 0 Å². The summed E-state index contributed by atoms with van der Waals surface area (Å²) in [6.07, 6.45) is 3.99. The SMILES string of the molecule is CCCNCC(c1ccc(Cl)cc1)C1CC1. The summed E-state index contributed by atoms with van der Waals surface area (Å²) >= 11 is 5.92. The van der Waals surface area contributed by atoms with Gasteiger partial charge in [0.1, 0.15) is 0 Å². The van der Waals surface area contributed by atoms with E-state index in [2.05, 4.69) is 24.4 Å². The van der Waals surface area contributed by atoms with Gasteiger partial charge in [0.05, 0.1) is 0 Å². The van der Waals surface area contributed by atoms with Crippen LogP contribution in [0.5, 0.6) is 0 Å². The van der Waals surface area contributed by atoms with Crippen LogP contribution in [0.15, 0.2) is 24.3 Å². The highest BCUT2D eigenvalue weighted by Gasteiger charge is 2.31. The second kappa shape index (κ2) is 5.70. The summed E-state index contributed by atoms with van der Waals surface area (Å²) in [7, 11) is 0. The Kier molecular flexibility index (Phi) is 4.25. The van der Waals surface area contributed by atoms with Crippen LogP contribution in [-0.4, -0.2) is 13.1 Å². The van der Waals surface area contributed by atoms with Gasteiger partial charge in [-0.2, -0.15) is 0 Å². The van der Waals surface area contributed by atoms with Crippen LogP contribution in [0, 0.1) is 5.92 Å². The molecular weight excluding hydrogens is 218 g/mol. The van der Waals surface area contributed by atoms with Crippen molar-refractivity contribution in [2.24, 2.45) is 5.92 Å². The molecule has 0 amide bonds. The first-order valence-electron chi connectivity index (χ1n) is 6.27. The maximum atomic E-state index is 5.92. The largest absolute Gasteiger partial charge is 0.316 e. The van der Waals surface area contributed by atoms with E-state index >= 15 is 0 Å². The van der Waals surface area contributed by atoms with Crippen molar-refractivity contribution in [3.8, 4) is 0 Å². The summed E-state index contributed by atoms with van der Waals surface area (Å²) in [5, 5.41) is 4.37. The molecule has 0 radical (unpaired) electrons. The molecule has 1 aliphatic carbocycles. The Labute approximate surface area is 103 Å². The number of benzene rings is 1. The zero-order valence-corrected chi connectivity index (χ0v) is 10.6. The Balaban J connectivity index is 1.98. The highest BCUT2D eigenvalue weighted by molar-refractivity contribution is 6.30. The Morgan fingerprint density at radius 2 is 2.00 bits per heavy atom. The van der Waals surface area contributed by atoms with Gasteiger partial charge in [-0.25, -0.2) is 0 Å². The summed E-state index contributed by atoms with van der Waals surface area (Å²) in [6.45, 7) is 4.44. The molecule has 0 bridgehead atoms. The Morgan fingerprint density at radius 1 is 1.31 bits per heavy atom. The summed E-state index contributed by atoms with van der Waals surface area (Å²) in [4.78, 5) is 0. The maximum absolute atomic E-state index is 5.92. The molecule has 1 N–H and O–H groups in total. The molecule has 1 nitrogen and oxygen atoms in total. The van der Waals surface area contributed by atoms with E-state index in [1.807, 2.05) is 12.1 Å². The third kappa shape index (κ3) is 3.23. The van der Waals surface area contributed by atoms with E-state index in [4.69, 9.17) is 11.6 Å². The topological polar surface area (TPSA) is 12.0 Å². The van der Waals surface area contributed by atoms with Crippen LogP contribution < -0.4 is 5.32 Å². The first-order valence-corrected chi connectivity index (χ1v) is 6.65. The van der Waals surface area contributed by atoms with Crippen molar-refractivity contribution in [1.82, 2.24) is 5.32 Å². The van der Waals surface area contributed by atoms with Crippen molar-refractivity contribution >= 4 is 11.6 Å². The van der Waals surface area contributed by atoms with Crippen molar-refractivity contribution in [3.63, 3.8) is 0 Å². The van der Waals surface area contributed by atoms with Gasteiger partial charge < -0.3 is 5.32 Å². The first-order chi connectivity index (χ1) is 7.81. The molecule has 88 valence electrons. The van der Waals surface area contributed by atoms with E-state index in [1.165, 1.54) is 24.8 Å². The number of nitrogens with one attached hydrogen (secondary N) is 1. The van der Waals surface area contributed by atoms with Crippen LogP contribution in [0.4, 0.5) is 0 Å². The summed E-state index contributed by atoms with van der Waals surface area (Å²) < 4.78 is 0. The molecule has 1 atom stereocenters. The monoisotopic (exact) mass is 237 g/mol. The smallest absolute Gasteiger partial charge is 0.0406 e. The highest BCUT2D eigenvalue weighted by Crippen LogP contribution is 2.42. The van der Waals surface area contributed by atoms with E-state index in [1.54, 1.807) is 0 Å². The number of hydrogen-bond donors (Lipinski definition) is 1. The lowest BCUT2D eigenvalue weighted by atomic mass is 9.94. The fraction of sp³-hybridized carbons (Fsp3) is 0.571. The van der Waals surface area contributed by atoms with Crippen molar-refractivity contribution in [3.05, 3.63) is 34.9 Å². The van der Waals surface area contributed by atoms with E-state index in [-0.39, 0.29) is 0 Å². The molecule has 0 spiro atoms. The van der Waals surface area contributed by atoms with Gasteiger partial charge in [0.15, 0.2) is 0 Å². The molecule has 2 rings (SSSR count). The quantitative estimate of drug-likeness (QED) is 0.742. The molecular formula is C14H20ClN. The molecule has 1 aliphatic rings. The first kappa shape index (κ1) is 11.9. The zero-order valence-electron chi connectivity index (χ0n) is 9.88. The van der Waals surface area contributed by atoms with Gasteiger partial charge in [0, 0.05) is 11.6 Å². The highest BCUT2D eigenvalue weighted by atomic mass is 35.5. The van der Waals surface area contributed by atoms with Crippen LogP contribution in [0.2, 0.25) is 5.02 Å². The van der Waals surface area contributed by atoms with E-state index in [0.29, 0.717) is 5.92 Å². The van der Waals surface area contributed by atoms with E-state index in [0.717, 1.165) is 24.0 Å². The van der Waals surface area contributed by atoms with Gasteiger partial charge in [-0.05, 0) is 55.3 Å². The molecule has 1 aromatic rings. The molecule has 1 aromatic carbocycles. The van der Waals surface area contributed by atoms with Crippen LogP contribution >= 0.6 is 11.6 Å². The van der Waals surface area contributed by atoms with Gasteiger partial charge in [-0.15, -0.1) is 0 Å². The fourth-order valence-electron chi connectivity index (χ4n) is 2.20. The van der Waals surface area contributed by atoms with Crippen LogP contribution in [0.25, 0.3) is 0 Å². The average Bonchev–Trinajstić information content (AvgIpc) is 3.10. The molecule has 1 fully saturated rings. The van der Waals surface area contributed by atoms with Gasteiger partial charge in [-0.3, -0.25) is 0 Å². The summed E-state index contributed by atoms with van der Waals surface area (Å²) in [5.74, 6) is 1.58. The van der Waals surface area contributed by atoms with Gasteiger partial charge >= 0.3 is 0 Å². The molecule has 2 heteroatoms. The van der Waals surface area contributed by atoms with Crippen molar-refractivity contribution in [2.75, 3.05) is 13.1 Å². The third-order valence-electron chi connectivity index (χ3n) is 3.28. The molecule has 0 saturated heterocycles. The lowest BCUT2D eigenvalue weighted by molar-refractivity contribution is 0.534. The summed E-state index contributed by atoms with van der Waals surface area (Å²) in [5.41, 5.74) is 1.44. The normalized spacial score (nSPS) is 17.4. The van der Waals surface area contributed by atoms with Crippen LogP contribution in [0.3, 0.4) is 0 Å². The lowest BCUT2D eigenvalue weighted by Gasteiger charge is -2.17. The second-order valence-electron chi connectivity index (χ2n) is 4.70. The Bertz CT molecular complexity index is 316. The fourth-order valence-corrected chi connectivity index (χ4v) is 2.33. The maximum Gasteiger partial charge on any atom is 0.0406 e. The van der Waals surface area contributed by atoms with Crippen molar-refractivity contribution in [1.29, 1.82) is 0 Å². The Morgan fingerprint density at radius 3 is 2.56 bits per heavy atom. The lowest BCUT2D eigenvalue weighted by Crippen LogP contribution is -2.23. The van der Waals surface area contributed by atoms with Crippen molar-refractivity contribution < 1.29 is 0 Å². The van der Waals surface area contributed by atoms with E-state index in [9.17, 15) is 0 Å². The molecule has 0 heterocycles. The molecule has 16 heavy (non-hydrogen) atoms. The predicted molar refractivity (Wildman–Crippen MR) is 70.1 cm³/mol. The standard InChI is InChI=1S/C14H20ClN/c1-2-9-16-10-14(11-3-4-11)12-5-7-13(15)8-6-12/h5-8,11,14,16H,2-4,9-10H2,1H3. The van der Waals surface area contributed by atoms with E-state index < -0.39 is 0 Å². The summed E-state index contributed by atoms with van der Waals surface area (Å²) in [6, 6.07) is 8.37. The van der Waals surface area contributed by atoms with Gasteiger partial charge in [0.2, 0.25) is 0 Å². The van der Waals surface area contributed by atoms with Crippen LogP contribution in [-0.2, 0) is 0 Å².